The highest BCUT2D eigenvalue weighted by Crippen LogP contribution is 2.30. The van der Waals surface area contributed by atoms with Crippen LogP contribution in [0, 0.1) is 0 Å². The zero-order valence-electron chi connectivity index (χ0n) is 13.9. The van der Waals surface area contributed by atoms with Gasteiger partial charge in [-0.3, -0.25) is 0 Å². The Morgan fingerprint density at radius 3 is 2.43 bits per heavy atom. The first kappa shape index (κ1) is 17.8. The number of rotatable bonds is 4. The van der Waals surface area contributed by atoms with E-state index in [1.54, 1.807) is 17.0 Å². The van der Waals surface area contributed by atoms with Crippen LogP contribution in [0.2, 0.25) is 0 Å². The van der Waals surface area contributed by atoms with Gasteiger partial charge in [-0.15, -0.1) is 0 Å². The van der Waals surface area contributed by atoms with Gasteiger partial charge < -0.3 is 14.4 Å². The molecular weight excluding hydrogens is 362 g/mol. The van der Waals surface area contributed by atoms with Crippen LogP contribution in [-0.4, -0.2) is 35.7 Å². The van der Waals surface area contributed by atoms with E-state index in [0.29, 0.717) is 12.1 Å². The van der Waals surface area contributed by atoms with E-state index in [-0.39, 0.29) is 12.1 Å². The highest BCUT2D eigenvalue weighted by atomic mass is 79.9. The molecule has 0 aromatic heterocycles. The lowest BCUT2D eigenvalue weighted by atomic mass is 10.1. The lowest BCUT2D eigenvalue weighted by Crippen LogP contribution is -2.37. The van der Waals surface area contributed by atoms with Crippen molar-refractivity contribution in [2.24, 2.45) is 0 Å². The van der Waals surface area contributed by atoms with Gasteiger partial charge in [0.1, 0.15) is 5.60 Å². The molecule has 1 fully saturated rings. The summed E-state index contributed by atoms with van der Waals surface area (Å²) in [6.45, 7) is 5.96. The normalized spacial score (nSPS) is 14.3. The van der Waals surface area contributed by atoms with E-state index in [9.17, 15) is 9.59 Å². The summed E-state index contributed by atoms with van der Waals surface area (Å²) in [4.78, 5) is 25.9. The van der Waals surface area contributed by atoms with Gasteiger partial charge in [0, 0.05) is 17.1 Å². The Kier molecular flexibility index (Phi) is 5.34. The first-order valence-corrected chi connectivity index (χ1v) is 8.36. The van der Waals surface area contributed by atoms with Crippen molar-refractivity contribution < 1.29 is 19.1 Å². The van der Waals surface area contributed by atoms with Crippen molar-refractivity contribution in [1.29, 1.82) is 0 Å². The minimum absolute atomic E-state index is 0.213. The number of amides is 1. The van der Waals surface area contributed by atoms with E-state index in [4.69, 9.17) is 9.47 Å². The van der Waals surface area contributed by atoms with Gasteiger partial charge in [0.2, 0.25) is 0 Å². The smallest absolute Gasteiger partial charge is 0.410 e. The summed E-state index contributed by atoms with van der Waals surface area (Å²) in [5.41, 5.74) is 0.785. The predicted octanol–water partition coefficient (Wildman–Crippen LogP) is 4.14. The Labute approximate surface area is 145 Å². The number of carbonyl (C=O) groups excluding carboxylic acids is 2. The van der Waals surface area contributed by atoms with Crippen LogP contribution >= 0.6 is 15.9 Å². The van der Waals surface area contributed by atoms with Crippen molar-refractivity contribution >= 4 is 28.0 Å². The number of methoxy groups -OCH3 is 1. The Balaban J connectivity index is 2.19. The summed E-state index contributed by atoms with van der Waals surface area (Å²) in [5, 5.41) is 0. The van der Waals surface area contributed by atoms with E-state index in [0.717, 1.165) is 22.9 Å². The summed E-state index contributed by atoms with van der Waals surface area (Å²) in [6, 6.07) is 5.55. The van der Waals surface area contributed by atoms with Crippen molar-refractivity contribution in [3.05, 3.63) is 33.8 Å². The van der Waals surface area contributed by atoms with Crippen LogP contribution in [0.1, 0.15) is 49.5 Å². The van der Waals surface area contributed by atoms with Crippen LogP contribution in [-0.2, 0) is 16.0 Å². The minimum Gasteiger partial charge on any atom is -0.465 e. The molecule has 1 aromatic rings. The molecule has 0 aliphatic heterocycles. The van der Waals surface area contributed by atoms with Crippen LogP contribution in [0.25, 0.3) is 0 Å². The van der Waals surface area contributed by atoms with Gasteiger partial charge in [-0.2, -0.15) is 0 Å². The molecule has 1 aromatic carbocycles. The molecule has 5 nitrogen and oxygen atoms in total. The zero-order valence-corrected chi connectivity index (χ0v) is 15.5. The van der Waals surface area contributed by atoms with E-state index in [1.807, 2.05) is 26.8 Å². The van der Waals surface area contributed by atoms with Crippen LogP contribution in [0.15, 0.2) is 22.7 Å². The highest BCUT2D eigenvalue weighted by molar-refractivity contribution is 9.10. The molecule has 0 heterocycles. The van der Waals surface area contributed by atoms with Gasteiger partial charge >= 0.3 is 12.1 Å². The average molecular weight is 384 g/mol. The Morgan fingerprint density at radius 1 is 1.26 bits per heavy atom. The fourth-order valence-electron chi connectivity index (χ4n) is 2.22. The SMILES string of the molecule is COC(=O)c1cc(Br)cc(CN(C(=O)OC(C)(C)C)C2CC2)c1. The molecule has 1 saturated carbocycles. The maximum absolute atomic E-state index is 12.4. The van der Waals surface area contributed by atoms with Crippen molar-refractivity contribution in [3.63, 3.8) is 0 Å². The number of nitrogens with zero attached hydrogens (tertiary/aromatic N) is 1. The lowest BCUT2D eigenvalue weighted by molar-refractivity contribution is 0.0216. The van der Waals surface area contributed by atoms with E-state index >= 15 is 0 Å². The highest BCUT2D eigenvalue weighted by Gasteiger charge is 2.35. The topological polar surface area (TPSA) is 55.8 Å². The molecule has 1 aliphatic carbocycles. The average Bonchev–Trinajstić information content (AvgIpc) is 3.25. The van der Waals surface area contributed by atoms with Gasteiger partial charge in [0.15, 0.2) is 0 Å². The van der Waals surface area contributed by atoms with Gasteiger partial charge in [-0.05, 0) is 57.4 Å². The molecule has 1 amide bonds. The molecule has 1 aliphatic rings. The Bertz CT molecular complexity index is 605. The maximum Gasteiger partial charge on any atom is 0.410 e. The molecule has 0 bridgehead atoms. The summed E-state index contributed by atoms with van der Waals surface area (Å²) >= 11 is 3.40. The largest absolute Gasteiger partial charge is 0.465 e. The standard InChI is InChI=1S/C17H22BrNO4/c1-17(2,3)23-16(21)19(14-5-6-14)10-11-7-12(15(20)22-4)9-13(18)8-11/h7-9,14H,5-6,10H2,1-4H3. The van der Waals surface area contributed by atoms with Gasteiger partial charge in [0.25, 0.3) is 0 Å². The third kappa shape index (κ3) is 5.23. The van der Waals surface area contributed by atoms with Gasteiger partial charge in [-0.1, -0.05) is 15.9 Å². The summed E-state index contributed by atoms with van der Waals surface area (Å²) < 4.78 is 11.0. The van der Waals surface area contributed by atoms with Crippen molar-refractivity contribution in [2.45, 2.75) is 51.8 Å². The van der Waals surface area contributed by atoms with E-state index in [2.05, 4.69) is 15.9 Å². The molecular formula is C17H22BrNO4. The molecule has 0 atom stereocenters. The molecule has 0 spiro atoms. The van der Waals surface area contributed by atoms with Crippen LogP contribution in [0.4, 0.5) is 4.79 Å². The second-order valence-corrected chi connectivity index (χ2v) is 7.59. The zero-order chi connectivity index (χ0) is 17.2. The second-order valence-electron chi connectivity index (χ2n) is 6.68. The van der Waals surface area contributed by atoms with Gasteiger partial charge in [-0.25, -0.2) is 9.59 Å². The number of halogens is 1. The molecule has 6 heteroatoms. The van der Waals surface area contributed by atoms with E-state index < -0.39 is 11.6 Å². The fraction of sp³-hybridized carbons (Fsp3) is 0.529. The van der Waals surface area contributed by atoms with Crippen molar-refractivity contribution in [2.75, 3.05) is 7.11 Å². The number of hydrogen-bond donors (Lipinski definition) is 0. The summed E-state index contributed by atoms with van der Waals surface area (Å²) in [7, 11) is 1.35. The van der Waals surface area contributed by atoms with E-state index in [1.165, 1.54) is 7.11 Å². The molecule has 0 saturated heterocycles. The molecule has 126 valence electrons. The number of carbonyl (C=O) groups is 2. The second kappa shape index (κ2) is 6.91. The van der Waals surface area contributed by atoms with Crippen LogP contribution in [0.5, 0.6) is 0 Å². The summed E-state index contributed by atoms with van der Waals surface area (Å²) in [6.07, 6.45) is 1.65. The first-order valence-electron chi connectivity index (χ1n) is 7.57. The number of ether oxygens (including phenoxy) is 2. The Hall–Kier alpha value is -1.56. The quantitative estimate of drug-likeness (QED) is 0.733. The Morgan fingerprint density at radius 2 is 1.91 bits per heavy atom. The molecule has 23 heavy (non-hydrogen) atoms. The van der Waals surface area contributed by atoms with Crippen LogP contribution in [0.3, 0.4) is 0 Å². The monoisotopic (exact) mass is 383 g/mol. The van der Waals surface area contributed by atoms with Crippen LogP contribution < -0.4 is 0 Å². The van der Waals surface area contributed by atoms with Gasteiger partial charge in [0.05, 0.1) is 12.7 Å². The fourth-order valence-corrected chi connectivity index (χ4v) is 2.76. The molecule has 2 rings (SSSR count). The number of hydrogen-bond acceptors (Lipinski definition) is 4. The minimum atomic E-state index is -0.529. The number of benzene rings is 1. The predicted molar refractivity (Wildman–Crippen MR) is 90.3 cm³/mol. The van der Waals surface area contributed by atoms with Crippen molar-refractivity contribution in [1.82, 2.24) is 4.90 Å². The third-order valence-corrected chi connectivity index (χ3v) is 3.81. The van der Waals surface area contributed by atoms with Crippen molar-refractivity contribution in [3.8, 4) is 0 Å². The maximum atomic E-state index is 12.4. The lowest BCUT2D eigenvalue weighted by Gasteiger charge is -2.27. The first-order chi connectivity index (χ1) is 10.7. The number of esters is 1. The molecule has 0 unspecified atom stereocenters. The molecule has 0 N–H and O–H groups in total. The summed E-state index contributed by atoms with van der Waals surface area (Å²) in [5.74, 6) is -0.400. The molecule has 0 radical (unpaired) electrons. The third-order valence-electron chi connectivity index (χ3n) is 3.35.